The molecule has 2 saturated heterocycles. The number of hydrogen-bond acceptors (Lipinski definition) is 4. The van der Waals surface area contributed by atoms with Gasteiger partial charge < -0.3 is 15.3 Å². The minimum Gasteiger partial charge on any atom is -0.481 e. The van der Waals surface area contributed by atoms with Gasteiger partial charge in [-0.25, -0.2) is 4.79 Å². The minimum absolute atomic E-state index is 0.0727. The Labute approximate surface area is 165 Å². The first-order valence-corrected chi connectivity index (χ1v) is 10.1. The van der Waals surface area contributed by atoms with Gasteiger partial charge in [-0.15, -0.1) is 0 Å². The molecule has 3 aliphatic rings. The summed E-state index contributed by atoms with van der Waals surface area (Å²) in [6.45, 7) is 8.10. The highest BCUT2D eigenvalue weighted by Gasteiger charge is 2.56. The van der Waals surface area contributed by atoms with Crippen LogP contribution in [-0.2, 0) is 14.4 Å². The molecular formula is C20H31N3O5. The Balaban J connectivity index is 1.74. The number of nitrogens with one attached hydrogen (secondary N) is 1. The Morgan fingerprint density at radius 3 is 2.50 bits per heavy atom. The van der Waals surface area contributed by atoms with Gasteiger partial charge >= 0.3 is 12.0 Å². The number of hydrogen-bond donors (Lipinski definition) is 2. The van der Waals surface area contributed by atoms with Gasteiger partial charge in [0.2, 0.25) is 5.91 Å². The van der Waals surface area contributed by atoms with E-state index in [-0.39, 0.29) is 23.8 Å². The number of carbonyl (C=O) groups is 4. The van der Waals surface area contributed by atoms with E-state index in [1.807, 2.05) is 0 Å². The molecule has 1 aliphatic carbocycles. The Morgan fingerprint density at radius 1 is 1.21 bits per heavy atom. The van der Waals surface area contributed by atoms with E-state index in [2.05, 4.69) is 26.1 Å². The molecule has 3 rings (SSSR count). The van der Waals surface area contributed by atoms with Crippen LogP contribution in [0.15, 0.2) is 0 Å². The Kier molecular flexibility index (Phi) is 5.18. The summed E-state index contributed by atoms with van der Waals surface area (Å²) in [6, 6.07) is -0.982. The van der Waals surface area contributed by atoms with Gasteiger partial charge in [0.25, 0.3) is 5.91 Å². The molecule has 2 N–H and O–H groups in total. The van der Waals surface area contributed by atoms with E-state index in [0.717, 1.165) is 11.3 Å². The van der Waals surface area contributed by atoms with E-state index >= 15 is 0 Å². The SMILES string of the molecule is CC1CC(C)(C)CC2(C1)NC(=O)N(CC(=O)N1CCC[C@H](C(=O)O)[C@@H]1C)C2=O. The second-order valence-electron chi connectivity index (χ2n) is 9.67. The lowest BCUT2D eigenvalue weighted by Crippen LogP contribution is -2.55. The molecule has 2 unspecified atom stereocenters. The smallest absolute Gasteiger partial charge is 0.325 e. The van der Waals surface area contributed by atoms with Gasteiger partial charge in [-0.2, -0.15) is 0 Å². The van der Waals surface area contributed by atoms with E-state index in [0.29, 0.717) is 38.1 Å². The van der Waals surface area contributed by atoms with Crippen molar-refractivity contribution in [3.63, 3.8) is 0 Å². The molecule has 3 fully saturated rings. The van der Waals surface area contributed by atoms with Crippen molar-refractivity contribution in [2.24, 2.45) is 17.3 Å². The standard InChI is InChI=1S/C20H31N3O5/c1-12-8-19(3,4)11-20(9-12)17(27)23(18(28)21-20)10-15(24)22-7-5-6-14(13(22)2)16(25)26/h12-14H,5-11H2,1-4H3,(H,21,28)(H,25,26)/t12?,13-,14-,20?/m0/s1. The van der Waals surface area contributed by atoms with Gasteiger partial charge in [0.1, 0.15) is 12.1 Å². The maximum absolute atomic E-state index is 13.2. The van der Waals surface area contributed by atoms with Crippen LogP contribution >= 0.6 is 0 Å². The molecule has 2 heterocycles. The molecule has 156 valence electrons. The minimum atomic E-state index is -0.935. The van der Waals surface area contributed by atoms with Crippen LogP contribution in [0, 0.1) is 17.3 Å². The van der Waals surface area contributed by atoms with Crippen LogP contribution in [-0.4, -0.2) is 63.4 Å². The van der Waals surface area contributed by atoms with Crippen LogP contribution in [0.5, 0.6) is 0 Å². The first-order chi connectivity index (χ1) is 13.0. The third kappa shape index (κ3) is 3.61. The fourth-order valence-electron chi connectivity index (χ4n) is 5.70. The number of carbonyl (C=O) groups excluding carboxylic acids is 3. The van der Waals surface area contributed by atoms with Crippen molar-refractivity contribution in [2.45, 2.75) is 71.4 Å². The zero-order valence-corrected chi connectivity index (χ0v) is 17.2. The third-order valence-electron chi connectivity index (χ3n) is 6.54. The lowest BCUT2D eigenvalue weighted by Gasteiger charge is -2.44. The van der Waals surface area contributed by atoms with Crippen molar-refractivity contribution >= 4 is 23.8 Å². The van der Waals surface area contributed by atoms with Gasteiger partial charge in [0.05, 0.1) is 5.92 Å². The van der Waals surface area contributed by atoms with Crippen LogP contribution in [0.1, 0.15) is 59.8 Å². The van der Waals surface area contributed by atoms with Crippen LogP contribution in [0.2, 0.25) is 0 Å². The second-order valence-corrected chi connectivity index (χ2v) is 9.67. The normalized spacial score (nSPS) is 35.2. The summed E-state index contributed by atoms with van der Waals surface area (Å²) >= 11 is 0. The third-order valence-corrected chi connectivity index (χ3v) is 6.54. The molecule has 8 nitrogen and oxygen atoms in total. The fraction of sp³-hybridized carbons (Fsp3) is 0.800. The number of carboxylic acid groups (broad SMARTS) is 1. The molecule has 1 spiro atoms. The van der Waals surface area contributed by atoms with Gasteiger partial charge in [-0.1, -0.05) is 20.8 Å². The highest BCUT2D eigenvalue weighted by molar-refractivity contribution is 6.09. The highest BCUT2D eigenvalue weighted by Crippen LogP contribution is 2.46. The summed E-state index contributed by atoms with van der Waals surface area (Å²) in [4.78, 5) is 52.5. The lowest BCUT2D eigenvalue weighted by molar-refractivity contribution is -0.150. The van der Waals surface area contributed by atoms with Crippen molar-refractivity contribution in [2.75, 3.05) is 13.1 Å². The number of piperidine rings is 1. The first kappa shape index (κ1) is 20.6. The monoisotopic (exact) mass is 393 g/mol. The maximum Gasteiger partial charge on any atom is 0.325 e. The molecule has 1 saturated carbocycles. The largest absolute Gasteiger partial charge is 0.481 e. The summed E-state index contributed by atoms with van der Waals surface area (Å²) in [5, 5.41) is 12.2. The van der Waals surface area contributed by atoms with E-state index in [9.17, 15) is 24.3 Å². The average molecular weight is 393 g/mol. The first-order valence-electron chi connectivity index (χ1n) is 10.1. The predicted molar refractivity (Wildman–Crippen MR) is 101 cm³/mol. The summed E-state index contributed by atoms with van der Waals surface area (Å²) in [5.74, 6) is -1.95. The molecule has 2 aliphatic heterocycles. The molecule has 4 atom stereocenters. The number of urea groups is 1. The number of imide groups is 1. The van der Waals surface area contributed by atoms with Crippen molar-refractivity contribution in [3.8, 4) is 0 Å². The number of rotatable bonds is 3. The maximum atomic E-state index is 13.2. The molecule has 0 aromatic carbocycles. The molecule has 0 aromatic rings. The Hall–Kier alpha value is -2.12. The fourth-order valence-corrected chi connectivity index (χ4v) is 5.70. The number of likely N-dealkylation sites (tertiary alicyclic amines) is 1. The van der Waals surface area contributed by atoms with Crippen molar-refractivity contribution < 1.29 is 24.3 Å². The molecule has 28 heavy (non-hydrogen) atoms. The molecule has 4 amide bonds. The number of aliphatic carboxylic acids is 1. The molecule has 8 heteroatoms. The van der Waals surface area contributed by atoms with Gasteiger partial charge in [-0.05, 0) is 50.4 Å². The quantitative estimate of drug-likeness (QED) is 0.712. The van der Waals surface area contributed by atoms with E-state index in [4.69, 9.17) is 0 Å². The zero-order valence-electron chi connectivity index (χ0n) is 17.2. The van der Waals surface area contributed by atoms with Crippen molar-refractivity contribution in [3.05, 3.63) is 0 Å². The number of nitrogens with zero attached hydrogens (tertiary/aromatic N) is 2. The second kappa shape index (κ2) is 7.04. The number of amides is 4. The van der Waals surface area contributed by atoms with Crippen LogP contribution in [0.3, 0.4) is 0 Å². The summed E-state index contributed by atoms with van der Waals surface area (Å²) in [6.07, 6.45) is 3.24. The van der Waals surface area contributed by atoms with Crippen LogP contribution < -0.4 is 5.32 Å². The average Bonchev–Trinajstić information content (AvgIpc) is 2.76. The molecular weight excluding hydrogens is 362 g/mol. The van der Waals surface area contributed by atoms with Gasteiger partial charge in [0, 0.05) is 12.6 Å². The zero-order chi connectivity index (χ0) is 20.9. The van der Waals surface area contributed by atoms with Gasteiger partial charge in [-0.3, -0.25) is 19.3 Å². The van der Waals surface area contributed by atoms with E-state index < -0.39 is 29.5 Å². The predicted octanol–water partition coefficient (Wildman–Crippen LogP) is 1.83. The van der Waals surface area contributed by atoms with Gasteiger partial charge in [0.15, 0.2) is 0 Å². The summed E-state index contributed by atoms with van der Waals surface area (Å²) in [5.41, 5.74) is -1.01. The van der Waals surface area contributed by atoms with Crippen molar-refractivity contribution in [1.82, 2.24) is 15.1 Å². The van der Waals surface area contributed by atoms with E-state index in [1.165, 1.54) is 4.90 Å². The topological polar surface area (TPSA) is 107 Å². The molecule has 0 bridgehead atoms. The molecule has 0 aromatic heterocycles. The molecule has 0 radical (unpaired) electrons. The Bertz CT molecular complexity index is 706. The lowest BCUT2D eigenvalue weighted by atomic mass is 9.64. The van der Waals surface area contributed by atoms with Crippen LogP contribution in [0.4, 0.5) is 4.79 Å². The van der Waals surface area contributed by atoms with Crippen LogP contribution in [0.25, 0.3) is 0 Å². The Morgan fingerprint density at radius 2 is 1.89 bits per heavy atom. The number of carboxylic acids is 1. The van der Waals surface area contributed by atoms with E-state index in [1.54, 1.807) is 6.92 Å². The van der Waals surface area contributed by atoms with Crippen molar-refractivity contribution in [1.29, 1.82) is 0 Å². The summed E-state index contributed by atoms with van der Waals surface area (Å²) in [7, 11) is 0. The summed E-state index contributed by atoms with van der Waals surface area (Å²) < 4.78 is 0. The highest BCUT2D eigenvalue weighted by atomic mass is 16.4.